The quantitative estimate of drug-likeness (QED) is 0.727. The number of nitrogens with one attached hydrogen (secondary N) is 1. The second kappa shape index (κ2) is 7.99. The largest absolute Gasteiger partial charge is 0.481 e. The summed E-state index contributed by atoms with van der Waals surface area (Å²) in [6.45, 7) is 5.72. The average molecular weight is 271 g/mol. The maximum absolute atomic E-state index is 11.9. The zero-order valence-electron chi connectivity index (χ0n) is 11.9. The molecule has 0 aromatic rings. The van der Waals surface area contributed by atoms with Gasteiger partial charge in [0.1, 0.15) is 0 Å². The minimum atomic E-state index is -0.776. The highest BCUT2D eigenvalue weighted by atomic mass is 16.4. The molecule has 19 heavy (non-hydrogen) atoms. The molecule has 6 nitrogen and oxygen atoms in total. The summed E-state index contributed by atoms with van der Waals surface area (Å²) >= 11 is 0. The standard InChI is InChI=1S/C13H25N3O3/c1-11(12(17)18)5-3-6-14-13(19)16-8-4-7-15(2)9-10-16/h11H,3-10H2,1-2H3,(H,14,19)(H,17,18). The maximum Gasteiger partial charge on any atom is 0.317 e. The first-order valence-corrected chi connectivity index (χ1v) is 6.95. The van der Waals surface area contributed by atoms with Crippen molar-refractivity contribution in [2.75, 3.05) is 39.8 Å². The fourth-order valence-corrected chi connectivity index (χ4v) is 2.09. The number of nitrogens with zero attached hydrogens (tertiary/aromatic N) is 2. The third-order valence-corrected chi connectivity index (χ3v) is 3.52. The lowest BCUT2D eigenvalue weighted by Crippen LogP contribution is -2.42. The highest BCUT2D eigenvalue weighted by molar-refractivity contribution is 5.74. The van der Waals surface area contributed by atoms with Gasteiger partial charge in [0.25, 0.3) is 0 Å². The van der Waals surface area contributed by atoms with Crippen molar-refractivity contribution in [3.05, 3.63) is 0 Å². The molecule has 0 aromatic carbocycles. The molecule has 1 heterocycles. The third-order valence-electron chi connectivity index (χ3n) is 3.52. The SMILES string of the molecule is CC(CCCNC(=O)N1CCCN(C)CC1)C(=O)O. The molecule has 2 N–H and O–H groups in total. The minimum Gasteiger partial charge on any atom is -0.481 e. The summed E-state index contributed by atoms with van der Waals surface area (Å²) in [6, 6.07) is -0.0294. The first-order valence-electron chi connectivity index (χ1n) is 6.95. The van der Waals surface area contributed by atoms with Gasteiger partial charge in [0.05, 0.1) is 5.92 Å². The van der Waals surface area contributed by atoms with E-state index in [1.54, 1.807) is 6.92 Å². The van der Waals surface area contributed by atoms with Gasteiger partial charge in [-0.15, -0.1) is 0 Å². The number of urea groups is 1. The summed E-state index contributed by atoms with van der Waals surface area (Å²) in [6.07, 6.45) is 2.30. The van der Waals surface area contributed by atoms with Crippen molar-refractivity contribution in [2.45, 2.75) is 26.2 Å². The van der Waals surface area contributed by atoms with E-state index in [4.69, 9.17) is 5.11 Å². The van der Waals surface area contributed by atoms with Crippen molar-refractivity contribution in [2.24, 2.45) is 5.92 Å². The Labute approximate surface area is 114 Å². The van der Waals surface area contributed by atoms with Crippen LogP contribution in [0.3, 0.4) is 0 Å². The molecule has 6 heteroatoms. The highest BCUT2D eigenvalue weighted by Gasteiger charge is 2.17. The summed E-state index contributed by atoms with van der Waals surface area (Å²) in [5.74, 6) is -1.12. The van der Waals surface area contributed by atoms with E-state index >= 15 is 0 Å². The Morgan fingerprint density at radius 3 is 2.68 bits per heavy atom. The second-order valence-corrected chi connectivity index (χ2v) is 5.26. The molecule has 0 saturated carbocycles. The highest BCUT2D eigenvalue weighted by Crippen LogP contribution is 2.05. The molecule has 0 spiro atoms. The second-order valence-electron chi connectivity index (χ2n) is 5.26. The van der Waals surface area contributed by atoms with Crippen LogP contribution in [-0.4, -0.2) is 66.7 Å². The predicted molar refractivity (Wildman–Crippen MR) is 73.1 cm³/mol. The number of rotatable bonds is 5. The number of carboxylic acid groups (broad SMARTS) is 1. The molecule has 1 saturated heterocycles. The van der Waals surface area contributed by atoms with Crippen LogP contribution in [0, 0.1) is 5.92 Å². The van der Waals surface area contributed by atoms with Crippen molar-refractivity contribution < 1.29 is 14.7 Å². The number of carbonyl (C=O) groups excluding carboxylic acids is 1. The molecular formula is C13H25N3O3. The van der Waals surface area contributed by atoms with Crippen molar-refractivity contribution >= 4 is 12.0 Å². The molecule has 0 aliphatic carbocycles. The lowest BCUT2D eigenvalue weighted by molar-refractivity contribution is -0.141. The van der Waals surface area contributed by atoms with Gasteiger partial charge in [0, 0.05) is 26.2 Å². The Bertz CT molecular complexity index is 310. The van der Waals surface area contributed by atoms with Crippen LogP contribution in [0.1, 0.15) is 26.2 Å². The molecule has 1 aliphatic rings. The number of hydrogen-bond donors (Lipinski definition) is 2. The van der Waals surface area contributed by atoms with Crippen LogP contribution >= 0.6 is 0 Å². The van der Waals surface area contributed by atoms with E-state index in [9.17, 15) is 9.59 Å². The molecule has 2 amide bonds. The molecule has 1 fully saturated rings. The van der Waals surface area contributed by atoms with E-state index in [2.05, 4.69) is 17.3 Å². The van der Waals surface area contributed by atoms with E-state index in [1.807, 2.05) is 4.90 Å². The Kier molecular flexibility index (Phi) is 6.62. The smallest absolute Gasteiger partial charge is 0.317 e. The lowest BCUT2D eigenvalue weighted by Gasteiger charge is -2.21. The summed E-state index contributed by atoms with van der Waals surface area (Å²) < 4.78 is 0. The predicted octanol–water partition coefficient (Wildman–Crippen LogP) is 0.834. The lowest BCUT2D eigenvalue weighted by atomic mass is 10.1. The number of aliphatic carboxylic acids is 1. The van der Waals surface area contributed by atoms with E-state index < -0.39 is 5.97 Å². The monoisotopic (exact) mass is 271 g/mol. The van der Waals surface area contributed by atoms with Gasteiger partial charge in [-0.1, -0.05) is 6.92 Å². The zero-order chi connectivity index (χ0) is 14.3. The van der Waals surface area contributed by atoms with E-state index in [1.165, 1.54) is 0 Å². The van der Waals surface area contributed by atoms with Gasteiger partial charge < -0.3 is 20.2 Å². The number of carboxylic acids is 1. The Morgan fingerprint density at radius 1 is 1.26 bits per heavy atom. The number of carbonyl (C=O) groups is 2. The van der Waals surface area contributed by atoms with Gasteiger partial charge >= 0.3 is 12.0 Å². The van der Waals surface area contributed by atoms with Crippen LogP contribution in [-0.2, 0) is 4.79 Å². The van der Waals surface area contributed by atoms with E-state index in [-0.39, 0.29) is 11.9 Å². The fraction of sp³-hybridized carbons (Fsp3) is 0.846. The summed E-state index contributed by atoms with van der Waals surface area (Å²) in [7, 11) is 2.06. The fourth-order valence-electron chi connectivity index (χ4n) is 2.09. The Hall–Kier alpha value is -1.30. The van der Waals surface area contributed by atoms with Gasteiger partial charge in [0.2, 0.25) is 0 Å². The van der Waals surface area contributed by atoms with Gasteiger partial charge in [-0.3, -0.25) is 4.79 Å². The summed E-state index contributed by atoms with van der Waals surface area (Å²) in [5, 5.41) is 11.6. The Balaban J connectivity index is 2.18. The van der Waals surface area contributed by atoms with Crippen LogP contribution in [0.4, 0.5) is 4.79 Å². The topological polar surface area (TPSA) is 72.9 Å². The van der Waals surface area contributed by atoms with Crippen molar-refractivity contribution in [1.82, 2.24) is 15.1 Å². The van der Waals surface area contributed by atoms with E-state index in [0.717, 1.165) is 32.6 Å². The van der Waals surface area contributed by atoms with Crippen molar-refractivity contribution in [1.29, 1.82) is 0 Å². The van der Waals surface area contributed by atoms with E-state index in [0.29, 0.717) is 19.4 Å². The van der Waals surface area contributed by atoms with Gasteiger partial charge in [-0.2, -0.15) is 0 Å². The molecule has 0 aromatic heterocycles. The van der Waals surface area contributed by atoms with Crippen LogP contribution < -0.4 is 5.32 Å². The van der Waals surface area contributed by atoms with Crippen molar-refractivity contribution in [3.63, 3.8) is 0 Å². The average Bonchev–Trinajstić information content (AvgIpc) is 2.58. The summed E-state index contributed by atoms with van der Waals surface area (Å²) in [5.41, 5.74) is 0. The maximum atomic E-state index is 11.9. The number of amides is 2. The Morgan fingerprint density at radius 2 is 2.00 bits per heavy atom. The molecular weight excluding hydrogens is 246 g/mol. The van der Waals surface area contributed by atoms with Gasteiger partial charge in [-0.25, -0.2) is 4.79 Å². The first kappa shape index (κ1) is 15.8. The normalized spacial score (nSPS) is 18.7. The van der Waals surface area contributed by atoms with Gasteiger partial charge in [0.15, 0.2) is 0 Å². The number of likely N-dealkylation sites (N-methyl/N-ethyl adjacent to an activating group) is 1. The molecule has 0 bridgehead atoms. The molecule has 1 aliphatic heterocycles. The van der Waals surface area contributed by atoms with Crippen LogP contribution in [0.5, 0.6) is 0 Å². The molecule has 0 radical (unpaired) electrons. The van der Waals surface area contributed by atoms with Crippen LogP contribution in [0.2, 0.25) is 0 Å². The number of hydrogen-bond acceptors (Lipinski definition) is 3. The minimum absolute atomic E-state index is 0.0294. The molecule has 110 valence electrons. The third kappa shape index (κ3) is 5.92. The summed E-state index contributed by atoms with van der Waals surface area (Å²) in [4.78, 5) is 26.6. The first-order chi connectivity index (χ1) is 9.00. The zero-order valence-corrected chi connectivity index (χ0v) is 11.9. The molecule has 1 unspecified atom stereocenters. The van der Waals surface area contributed by atoms with Crippen LogP contribution in [0.25, 0.3) is 0 Å². The van der Waals surface area contributed by atoms with Crippen molar-refractivity contribution in [3.8, 4) is 0 Å². The molecule has 1 rings (SSSR count). The van der Waals surface area contributed by atoms with Gasteiger partial charge in [-0.05, 0) is 32.9 Å². The molecule has 1 atom stereocenters. The van der Waals surface area contributed by atoms with Crippen LogP contribution in [0.15, 0.2) is 0 Å².